The summed E-state index contributed by atoms with van der Waals surface area (Å²) in [5.74, 6) is 1.54. The molecule has 2 atom stereocenters. The number of nitrogens with zero attached hydrogens (tertiary/aromatic N) is 2. The third kappa shape index (κ3) is 3.59. The number of aromatic nitrogens is 2. The Morgan fingerprint density at radius 2 is 2.32 bits per heavy atom. The predicted octanol–water partition coefficient (Wildman–Crippen LogP) is 3.26. The topological polar surface area (TPSA) is 46.9 Å². The summed E-state index contributed by atoms with van der Waals surface area (Å²) in [6.07, 6.45) is 6.98. The van der Waals surface area contributed by atoms with E-state index < -0.39 is 0 Å². The molecule has 0 aromatic carbocycles. The first-order chi connectivity index (χ1) is 9.11. The highest BCUT2D eigenvalue weighted by Crippen LogP contribution is 2.29. The average molecular weight is 328 g/mol. The van der Waals surface area contributed by atoms with Gasteiger partial charge < -0.3 is 5.32 Å². The molecule has 0 amide bonds. The Balaban J connectivity index is 2.00. The van der Waals surface area contributed by atoms with Gasteiger partial charge in [0.05, 0.1) is 11.9 Å². The number of hydrogen-bond donors (Lipinski definition) is 1. The van der Waals surface area contributed by atoms with Gasteiger partial charge in [0.1, 0.15) is 4.47 Å². The molecule has 2 rings (SSSR count). The smallest absolute Gasteiger partial charge is 0.283 e. The summed E-state index contributed by atoms with van der Waals surface area (Å²) in [6.45, 7) is 5.77. The van der Waals surface area contributed by atoms with E-state index in [0.29, 0.717) is 16.9 Å². The minimum absolute atomic E-state index is 0.0653. The van der Waals surface area contributed by atoms with Crippen LogP contribution in [0.1, 0.15) is 39.5 Å². The van der Waals surface area contributed by atoms with E-state index in [1.54, 1.807) is 6.20 Å². The summed E-state index contributed by atoms with van der Waals surface area (Å²) < 4.78 is 2.05. The minimum atomic E-state index is -0.0653. The predicted molar refractivity (Wildman–Crippen MR) is 81.5 cm³/mol. The third-order valence-electron chi connectivity index (χ3n) is 3.91. The highest BCUT2D eigenvalue weighted by molar-refractivity contribution is 9.10. The maximum atomic E-state index is 11.9. The van der Waals surface area contributed by atoms with Gasteiger partial charge in [-0.25, -0.2) is 4.68 Å². The zero-order valence-electron chi connectivity index (χ0n) is 11.7. The molecule has 1 aliphatic carbocycles. The van der Waals surface area contributed by atoms with Crippen molar-refractivity contribution in [3.05, 3.63) is 21.0 Å². The fourth-order valence-electron chi connectivity index (χ4n) is 2.81. The van der Waals surface area contributed by atoms with E-state index in [-0.39, 0.29) is 5.56 Å². The van der Waals surface area contributed by atoms with Crippen molar-refractivity contribution in [3.8, 4) is 0 Å². The van der Waals surface area contributed by atoms with Gasteiger partial charge in [-0.15, -0.1) is 0 Å². The van der Waals surface area contributed by atoms with Gasteiger partial charge >= 0.3 is 0 Å². The second-order valence-corrected chi connectivity index (χ2v) is 6.30. The molecule has 1 aromatic heterocycles. The van der Waals surface area contributed by atoms with E-state index in [1.807, 2.05) is 6.92 Å². The number of halogens is 1. The third-order valence-corrected chi connectivity index (χ3v) is 4.68. The summed E-state index contributed by atoms with van der Waals surface area (Å²) >= 11 is 3.37. The zero-order valence-corrected chi connectivity index (χ0v) is 13.2. The molecule has 0 bridgehead atoms. The Bertz CT molecular complexity index is 486. The van der Waals surface area contributed by atoms with Crippen LogP contribution in [0.2, 0.25) is 0 Å². The van der Waals surface area contributed by atoms with Crippen molar-refractivity contribution in [1.29, 1.82) is 0 Å². The zero-order chi connectivity index (χ0) is 13.8. The summed E-state index contributed by atoms with van der Waals surface area (Å²) in [5, 5.41) is 7.52. The molecular weight excluding hydrogens is 306 g/mol. The number of nitrogens with one attached hydrogen (secondary N) is 1. The van der Waals surface area contributed by atoms with E-state index in [0.717, 1.165) is 18.2 Å². The lowest BCUT2D eigenvalue weighted by atomic mass is 9.82. The summed E-state index contributed by atoms with van der Waals surface area (Å²) in [5.41, 5.74) is 0.748. The van der Waals surface area contributed by atoms with Crippen LogP contribution in [0.25, 0.3) is 0 Å². The Hall–Kier alpha value is -0.840. The molecule has 4 nitrogen and oxygen atoms in total. The fraction of sp³-hybridized carbons (Fsp3) is 0.714. The van der Waals surface area contributed by atoms with E-state index in [4.69, 9.17) is 0 Å². The monoisotopic (exact) mass is 327 g/mol. The number of rotatable bonds is 4. The van der Waals surface area contributed by atoms with E-state index in [9.17, 15) is 4.79 Å². The molecule has 106 valence electrons. The van der Waals surface area contributed by atoms with Crippen molar-refractivity contribution < 1.29 is 0 Å². The van der Waals surface area contributed by atoms with Gasteiger partial charge in [-0.1, -0.05) is 19.8 Å². The Morgan fingerprint density at radius 1 is 1.53 bits per heavy atom. The molecule has 5 heteroatoms. The quantitative estimate of drug-likeness (QED) is 0.923. The molecule has 1 fully saturated rings. The van der Waals surface area contributed by atoms with Crippen LogP contribution in [-0.2, 0) is 6.54 Å². The molecule has 1 saturated carbocycles. The lowest BCUT2D eigenvalue weighted by molar-refractivity contribution is 0.293. The lowest BCUT2D eigenvalue weighted by Gasteiger charge is -2.27. The molecule has 2 unspecified atom stereocenters. The van der Waals surface area contributed by atoms with Crippen molar-refractivity contribution in [2.75, 3.05) is 11.9 Å². The first-order valence-corrected chi connectivity index (χ1v) is 7.90. The molecule has 0 radical (unpaired) electrons. The molecular formula is C14H22BrN3O. The lowest BCUT2D eigenvalue weighted by Crippen LogP contribution is -2.25. The van der Waals surface area contributed by atoms with Crippen molar-refractivity contribution in [3.63, 3.8) is 0 Å². The van der Waals surface area contributed by atoms with Gasteiger partial charge in [0.15, 0.2) is 0 Å². The Kier molecular flexibility index (Phi) is 5.02. The van der Waals surface area contributed by atoms with Crippen molar-refractivity contribution in [2.45, 2.75) is 46.1 Å². The van der Waals surface area contributed by atoms with E-state index in [1.165, 1.54) is 30.4 Å². The number of anilines is 1. The van der Waals surface area contributed by atoms with Crippen LogP contribution in [0.5, 0.6) is 0 Å². The average Bonchev–Trinajstić information content (AvgIpc) is 2.41. The Labute approximate surface area is 122 Å². The van der Waals surface area contributed by atoms with Gasteiger partial charge in [-0.3, -0.25) is 4.79 Å². The van der Waals surface area contributed by atoms with Gasteiger partial charge in [0, 0.05) is 13.1 Å². The molecule has 1 aromatic rings. The maximum absolute atomic E-state index is 11.9. The summed E-state index contributed by atoms with van der Waals surface area (Å²) in [4.78, 5) is 11.9. The van der Waals surface area contributed by atoms with Crippen molar-refractivity contribution in [2.24, 2.45) is 11.8 Å². The highest BCUT2D eigenvalue weighted by Gasteiger charge is 2.19. The number of aryl methyl sites for hydroxylation is 1. The minimum Gasteiger partial charge on any atom is -0.382 e. The normalized spacial score (nSPS) is 23.3. The first kappa shape index (κ1) is 14.6. The van der Waals surface area contributed by atoms with Gasteiger partial charge in [0.2, 0.25) is 0 Å². The molecule has 19 heavy (non-hydrogen) atoms. The van der Waals surface area contributed by atoms with Gasteiger partial charge in [-0.05, 0) is 47.5 Å². The second kappa shape index (κ2) is 6.55. The largest absolute Gasteiger partial charge is 0.382 e. The molecule has 1 N–H and O–H groups in total. The molecule has 0 spiro atoms. The first-order valence-electron chi connectivity index (χ1n) is 7.11. The van der Waals surface area contributed by atoms with Crippen molar-refractivity contribution in [1.82, 2.24) is 9.78 Å². The van der Waals surface area contributed by atoms with Crippen LogP contribution >= 0.6 is 15.9 Å². The SMILES string of the molecule is CCn1ncc(NCC2CCCC(C)C2)c(Br)c1=O. The summed E-state index contributed by atoms with van der Waals surface area (Å²) in [7, 11) is 0. The standard InChI is InChI=1S/C14H22BrN3O/c1-3-18-14(19)13(15)12(9-17-18)16-8-11-6-4-5-10(2)7-11/h9-11,16H,3-8H2,1-2H3. The van der Waals surface area contributed by atoms with Crippen LogP contribution < -0.4 is 10.9 Å². The van der Waals surface area contributed by atoms with E-state index >= 15 is 0 Å². The molecule has 1 aliphatic rings. The molecule has 0 aliphatic heterocycles. The Morgan fingerprint density at radius 3 is 3.00 bits per heavy atom. The molecule has 0 saturated heterocycles. The van der Waals surface area contributed by atoms with E-state index in [2.05, 4.69) is 33.3 Å². The van der Waals surface area contributed by atoms with Crippen molar-refractivity contribution >= 4 is 21.6 Å². The van der Waals surface area contributed by atoms with Crippen LogP contribution in [0.4, 0.5) is 5.69 Å². The van der Waals surface area contributed by atoms with Crippen LogP contribution in [0.3, 0.4) is 0 Å². The summed E-state index contributed by atoms with van der Waals surface area (Å²) in [6, 6.07) is 0. The van der Waals surface area contributed by atoms with Crippen LogP contribution in [0, 0.1) is 11.8 Å². The van der Waals surface area contributed by atoms with Gasteiger partial charge in [-0.2, -0.15) is 5.10 Å². The fourth-order valence-corrected chi connectivity index (χ4v) is 3.26. The molecule has 1 heterocycles. The second-order valence-electron chi connectivity index (χ2n) is 5.51. The number of hydrogen-bond acceptors (Lipinski definition) is 3. The highest BCUT2D eigenvalue weighted by atomic mass is 79.9. The maximum Gasteiger partial charge on any atom is 0.283 e. The van der Waals surface area contributed by atoms with Crippen LogP contribution in [0.15, 0.2) is 15.5 Å². The van der Waals surface area contributed by atoms with Gasteiger partial charge in [0.25, 0.3) is 5.56 Å². The van der Waals surface area contributed by atoms with Crippen LogP contribution in [-0.4, -0.2) is 16.3 Å².